The van der Waals surface area contributed by atoms with Gasteiger partial charge in [-0.15, -0.1) is 0 Å². The summed E-state index contributed by atoms with van der Waals surface area (Å²) in [6.07, 6.45) is -0.444. The highest BCUT2D eigenvalue weighted by Crippen LogP contribution is 2.26. The Balaban J connectivity index is 1.84. The molecule has 142 valence electrons. The smallest absolute Gasteiger partial charge is 0.328 e. The summed E-state index contributed by atoms with van der Waals surface area (Å²) in [7, 11) is 2.64. The van der Waals surface area contributed by atoms with E-state index in [1.807, 2.05) is 0 Å². The Morgan fingerprint density at radius 1 is 1.22 bits per heavy atom. The molecule has 0 aliphatic carbocycles. The Labute approximate surface area is 154 Å². The number of hydrogen-bond acceptors (Lipinski definition) is 6. The molecular weight excluding hydrogens is 357 g/mol. The fraction of sp³-hybridized carbons (Fsp3) is 0.333. The van der Waals surface area contributed by atoms with Crippen molar-refractivity contribution in [3.05, 3.63) is 58.3 Å². The van der Waals surface area contributed by atoms with E-state index >= 15 is 0 Å². The zero-order valence-corrected chi connectivity index (χ0v) is 14.8. The second-order valence-electron chi connectivity index (χ2n) is 6.08. The molecule has 0 spiro atoms. The Hall–Kier alpha value is -3.23. The van der Waals surface area contributed by atoms with Crippen molar-refractivity contribution in [2.45, 2.75) is 18.6 Å². The molecule has 3 rings (SSSR count). The van der Waals surface area contributed by atoms with Gasteiger partial charge in [-0.1, -0.05) is 12.1 Å². The van der Waals surface area contributed by atoms with E-state index in [9.17, 15) is 18.8 Å². The monoisotopic (exact) mass is 375 g/mol. The minimum Gasteiger partial charge on any atom is -0.485 e. The second kappa shape index (κ2) is 7.56. The number of aryl methyl sites for hydroxylation is 1. The lowest BCUT2D eigenvalue weighted by Crippen LogP contribution is -2.42. The number of likely N-dealkylation sites (tertiary alicyclic amines) is 1. The van der Waals surface area contributed by atoms with Gasteiger partial charge in [-0.3, -0.25) is 9.59 Å². The summed E-state index contributed by atoms with van der Waals surface area (Å²) in [5.41, 5.74) is -0.351. The summed E-state index contributed by atoms with van der Waals surface area (Å²) < 4.78 is 25.3. The molecule has 0 N–H and O–H groups in total. The van der Waals surface area contributed by atoms with Crippen molar-refractivity contribution in [3.63, 3.8) is 0 Å². The molecule has 0 radical (unpaired) electrons. The number of para-hydroxylation sites is 1. The molecule has 1 aliphatic heterocycles. The van der Waals surface area contributed by atoms with Gasteiger partial charge in [-0.2, -0.15) is 5.10 Å². The largest absolute Gasteiger partial charge is 0.485 e. The number of carbonyl (C=O) groups excluding carboxylic acids is 2. The van der Waals surface area contributed by atoms with E-state index in [1.165, 1.54) is 49.4 Å². The summed E-state index contributed by atoms with van der Waals surface area (Å²) in [6, 6.07) is 7.53. The van der Waals surface area contributed by atoms with Gasteiger partial charge in [0, 0.05) is 19.5 Å². The van der Waals surface area contributed by atoms with Crippen molar-refractivity contribution in [1.29, 1.82) is 0 Å². The van der Waals surface area contributed by atoms with Crippen LogP contribution in [0.25, 0.3) is 0 Å². The summed E-state index contributed by atoms with van der Waals surface area (Å²) in [6.45, 7) is 0.0530. The molecule has 9 heteroatoms. The second-order valence-corrected chi connectivity index (χ2v) is 6.08. The number of hydrogen-bond donors (Lipinski definition) is 0. The predicted octanol–water partition coefficient (Wildman–Crippen LogP) is 0.754. The molecule has 1 aromatic carbocycles. The average molecular weight is 375 g/mol. The van der Waals surface area contributed by atoms with Crippen LogP contribution in [0.5, 0.6) is 5.75 Å². The van der Waals surface area contributed by atoms with Crippen LogP contribution >= 0.6 is 0 Å². The molecule has 1 fully saturated rings. The van der Waals surface area contributed by atoms with Gasteiger partial charge in [0.15, 0.2) is 11.6 Å². The molecule has 0 bridgehead atoms. The number of aromatic nitrogens is 2. The maximum absolute atomic E-state index is 13.8. The quantitative estimate of drug-likeness (QED) is 0.733. The molecule has 1 aliphatic rings. The van der Waals surface area contributed by atoms with Gasteiger partial charge in [0.25, 0.3) is 11.5 Å². The van der Waals surface area contributed by atoms with Gasteiger partial charge in [0.05, 0.1) is 13.7 Å². The van der Waals surface area contributed by atoms with Gasteiger partial charge in [0.2, 0.25) is 0 Å². The van der Waals surface area contributed by atoms with Gasteiger partial charge < -0.3 is 14.4 Å². The average Bonchev–Trinajstić information content (AvgIpc) is 3.08. The summed E-state index contributed by atoms with van der Waals surface area (Å²) >= 11 is 0. The van der Waals surface area contributed by atoms with Crippen LogP contribution in [0.15, 0.2) is 41.2 Å². The van der Waals surface area contributed by atoms with E-state index < -0.39 is 29.8 Å². The van der Waals surface area contributed by atoms with E-state index in [4.69, 9.17) is 9.47 Å². The number of carbonyl (C=O) groups is 2. The topological polar surface area (TPSA) is 90.7 Å². The van der Waals surface area contributed by atoms with Gasteiger partial charge in [-0.05, 0) is 18.2 Å². The van der Waals surface area contributed by atoms with E-state index in [0.717, 1.165) is 4.68 Å². The van der Waals surface area contributed by atoms with Crippen LogP contribution in [0.2, 0.25) is 0 Å². The van der Waals surface area contributed by atoms with Crippen LogP contribution in [-0.4, -0.2) is 52.4 Å². The minimum atomic E-state index is -0.890. The number of esters is 1. The van der Waals surface area contributed by atoms with Gasteiger partial charge in [-0.25, -0.2) is 13.9 Å². The standard InChI is InChI=1S/C18H18FN3O5/c1-21-16(23)8-7-13(20-21)17(24)22-10-11(9-14(22)18(25)26-2)27-15-6-4-3-5-12(15)19/h3-8,11,14H,9-10H2,1-2H3/t11-,14-/m0/s1. The summed E-state index contributed by atoms with van der Waals surface area (Å²) in [5.74, 6) is -1.63. The van der Waals surface area contributed by atoms with E-state index in [2.05, 4.69) is 5.10 Å². The third kappa shape index (κ3) is 3.81. The number of ether oxygens (including phenoxy) is 2. The Morgan fingerprint density at radius 2 is 1.96 bits per heavy atom. The molecule has 1 aromatic heterocycles. The Bertz CT molecular complexity index is 929. The highest BCUT2D eigenvalue weighted by atomic mass is 19.1. The van der Waals surface area contributed by atoms with Crippen LogP contribution in [0.3, 0.4) is 0 Å². The maximum atomic E-state index is 13.8. The van der Waals surface area contributed by atoms with E-state index in [0.29, 0.717) is 0 Å². The van der Waals surface area contributed by atoms with Crippen LogP contribution < -0.4 is 10.3 Å². The number of halogens is 1. The molecule has 27 heavy (non-hydrogen) atoms. The first kappa shape index (κ1) is 18.6. The van der Waals surface area contributed by atoms with Crippen molar-refractivity contribution in [2.75, 3.05) is 13.7 Å². The SMILES string of the molecule is COC(=O)[C@@H]1C[C@H](Oc2ccccc2F)CN1C(=O)c1ccc(=O)n(C)n1. The van der Waals surface area contributed by atoms with Crippen molar-refractivity contribution in [1.82, 2.24) is 14.7 Å². The van der Waals surface area contributed by atoms with Crippen LogP contribution in [-0.2, 0) is 16.6 Å². The number of amides is 1. The van der Waals surface area contributed by atoms with Crippen molar-refractivity contribution >= 4 is 11.9 Å². The first-order valence-corrected chi connectivity index (χ1v) is 8.25. The van der Waals surface area contributed by atoms with Gasteiger partial charge in [0.1, 0.15) is 17.8 Å². The van der Waals surface area contributed by atoms with Crippen LogP contribution in [0, 0.1) is 5.82 Å². The zero-order valence-electron chi connectivity index (χ0n) is 14.8. The van der Waals surface area contributed by atoms with Crippen molar-refractivity contribution in [2.24, 2.45) is 7.05 Å². The highest BCUT2D eigenvalue weighted by molar-refractivity contribution is 5.95. The summed E-state index contributed by atoms with van der Waals surface area (Å²) in [5, 5.41) is 3.92. The van der Waals surface area contributed by atoms with Crippen LogP contribution in [0.4, 0.5) is 4.39 Å². The fourth-order valence-corrected chi connectivity index (χ4v) is 2.95. The van der Waals surface area contributed by atoms with Crippen LogP contribution in [0.1, 0.15) is 16.9 Å². The minimum absolute atomic E-state index is 0.0116. The third-order valence-electron chi connectivity index (χ3n) is 4.31. The highest BCUT2D eigenvalue weighted by Gasteiger charge is 2.42. The molecule has 8 nitrogen and oxygen atoms in total. The van der Waals surface area contributed by atoms with Gasteiger partial charge >= 0.3 is 5.97 Å². The lowest BCUT2D eigenvalue weighted by Gasteiger charge is -2.21. The molecule has 0 saturated carbocycles. The normalized spacial score (nSPS) is 19.0. The maximum Gasteiger partial charge on any atom is 0.328 e. The first-order valence-electron chi connectivity index (χ1n) is 8.25. The number of nitrogens with zero attached hydrogens (tertiary/aromatic N) is 3. The third-order valence-corrected chi connectivity index (χ3v) is 4.31. The van der Waals surface area contributed by atoms with E-state index in [1.54, 1.807) is 6.07 Å². The molecule has 2 atom stereocenters. The lowest BCUT2D eigenvalue weighted by atomic mass is 10.2. The Kier molecular flexibility index (Phi) is 5.20. The number of methoxy groups -OCH3 is 1. The zero-order chi connectivity index (χ0) is 19.6. The van der Waals surface area contributed by atoms with Crippen molar-refractivity contribution < 1.29 is 23.5 Å². The number of benzene rings is 1. The predicted molar refractivity (Wildman–Crippen MR) is 91.8 cm³/mol. The molecule has 0 unspecified atom stereocenters. The van der Waals surface area contributed by atoms with Crippen molar-refractivity contribution in [3.8, 4) is 5.75 Å². The lowest BCUT2D eigenvalue weighted by molar-refractivity contribution is -0.145. The Morgan fingerprint density at radius 3 is 2.63 bits per heavy atom. The summed E-state index contributed by atoms with van der Waals surface area (Å²) in [4.78, 5) is 37.7. The molecule has 1 saturated heterocycles. The fourth-order valence-electron chi connectivity index (χ4n) is 2.95. The molecule has 1 amide bonds. The molecular formula is C18H18FN3O5. The number of rotatable bonds is 4. The van der Waals surface area contributed by atoms with E-state index in [-0.39, 0.29) is 30.0 Å². The first-order chi connectivity index (χ1) is 12.9. The molecule has 2 heterocycles. The molecule has 2 aromatic rings.